The van der Waals surface area contributed by atoms with Crippen LogP contribution in [-0.4, -0.2) is 29.5 Å². The third-order valence-electron chi connectivity index (χ3n) is 23.1. The number of fused-ring (bicyclic) bond motifs is 24. The van der Waals surface area contributed by atoms with Crippen molar-refractivity contribution in [2.24, 2.45) is 0 Å². The molecule has 6 heteroatoms. The van der Waals surface area contributed by atoms with Gasteiger partial charge in [-0.25, -0.2) is 4.98 Å². The van der Waals surface area contributed by atoms with Gasteiger partial charge in [0.15, 0.2) is 0 Å². The molecule has 6 nitrogen and oxygen atoms in total. The lowest BCUT2D eigenvalue weighted by atomic mass is 9.87. The Balaban J connectivity index is 0.000000104. The minimum Gasteiger partial charge on any atom is -0.294 e. The number of pyridine rings is 5. The molecule has 0 unspecified atom stereocenters. The Morgan fingerprint density at radius 3 is 1.11 bits per heavy atom. The zero-order chi connectivity index (χ0) is 74.5. The summed E-state index contributed by atoms with van der Waals surface area (Å²) in [5.74, 6) is 0.929. The molecule has 0 aliphatic carbocycles. The van der Waals surface area contributed by atoms with Crippen LogP contribution in [0.1, 0.15) is 0 Å². The molecule has 0 spiro atoms. The van der Waals surface area contributed by atoms with E-state index in [1.54, 1.807) is 0 Å². The standard InChI is InChI=1S/C40H24N2.C35H22N2.C32H20N2/c1-2-9-27-21-36-34(20-26(27)8-1)30-11-3-4-12-31(30)37-24-35(32-13-5-6-14-33(32)40(36)37)39-23-29(17-19-42-39)28-16-15-25-10-7-18-41-38(25)22-28;1-2-8-27-23(7-1)15-19-29-28(27)18-16-24-13-14-25(21-32(24)29)26-17-20-35(36-22-26)37-33-11-5-3-9-30(33)31-10-4-6-12-34(31)37;1-2-8-25-21(6-1)13-14-28-26-9-3-4-10-27(26)30(20-29(25)28)32-19-24(15-17-34-32)23-12-11-22-7-5-16-33-31(22)18-23/h1-24H;1-22H;1-20H. The largest absolute Gasteiger partial charge is 0.294 e. The SMILES string of the molecule is c1ccc2c(c1)ccc1c3cc(-c4ccc(-n5c6ccccc6c6ccccc65)nc4)ccc3ccc21.c1ccc2cc3c(cc2c1)c1ccccc1c1cc(-c2cc(-c4ccc5cccnc5c4)ccn2)c2ccccc2c13.c1cnc2cc(-c3ccnc(-c4cc5c6ccccc6ccc5c5ccccc45)c3)ccc2c1. The lowest BCUT2D eigenvalue weighted by molar-refractivity contribution is 1.08. The Morgan fingerprint density at radius 1 is 0.177 bits per heavy atom. The number of rotatable bonds is 6. The molecule has 0 aliphatic heterocycles. The van der Waals surface area contributed by atoms with E-state index in [1.807, 2.05) is 43.1 Å². The van der Waals surface area contributed by atoms with E-state index in [2.05, 4.69) is 372 Å². The highest BCUT2D eigenvalue weighted by Gasteiger charge is 2.20. The third kappa shape index (κ3) is 11.2. The molecule has 6 aromatic heterocycles. The summed E-state index contributed by atoms with van der Waals surface area (Å²) in [5.41, 5.74) is 15.4. The van der Waals surface area contributed by atoms with Crippen LogP contribution in [0.2, 0.25) is 0 Å². The summed E-state index contributed by atoms with van der Waals surface area (Å²) >= 11 is 0. The van der Waals surface area contributed by atoms with Crippen molar-refractivity contribution in [3.8, 4) is 61.7 Å². The molecule has 0 saturated heterocycles. The second-order valence-electron chi connectivity index (χ2n) is 29.4. The molecule has 0 bridgehead atoms. The van der Waals surface area contributed by atoms with Crippen molar-refractivity contribution in [1.82, 2.24) is 29.5 Å². The lowest BCUT2D eigenvalue weighted by Crippen LogP contribution is -1.97. The van der Waals surface area contributed by atoms with Gasteiger partial charge in [-0.2, -0.15) is 0 Å². The van der Waals surface area contributed by atoms with Crippen molar-refractivity contribution in [3.05, 3.63) is 401 Å². The molecule has 524 valence electrons. The summed E-state index contributed by atoms with van der Waals surface area (Å²) in [4.78, 5) is 23.8. The van der Waals surface area contributed by atoms with Gasteiger partial charge in [0.2, 0.25) is 0 Å². The van der Waals surface area contributed by atoms with Gasteiger partial charge in [-0.1, -0.05) is 267 Å². The first-order chi connectivity index (χ1) is 56.0. The van der Waals surface area contributed by atoms with Crippen LogP contribution >= 0.6 is 0 Å². The number of hydrogen-bond acceptors (Lipinski definition) is 5. The topological polar surface area (TPSA) is 69.4 Å². The van der Waals surface area contributed by atoms with Gasteiger partial charge in [0, 0.05) is 69.2 Å². The van der Waals surface area contributed by atoms with Crippen LogP contribution in [0, 0.1) is 0 Å². The summed E-state index contributed by atoms with van der Waals surface area (Å²) in [5, 5.41) is 32.6. The Hall–Kier alpha value is -15.1. The van der Waals surface area contributed by atoms with Crippen molar-refractivity contribution < 1.29 is 0 Å². The second-order valence-corrected chi connectivity index (χ2v) is 29.4. The van der Waals surface area contributed by atoms with Gasteiger partial charge in [-0.05, 0) is 249 Å². The number of aromatic nitrogens is 6. The zero-order valence-electron chi connectivity index (χ0n) is 61.3. The maximum atomic E-state index is 4.94. The molecule has 0 radical (unpaired) electrons. The van der Waals surface area contributed by atoms with Crippen molar-refractivity contribution in [2.45, 2.75) is 0 Å². The van der Waals surface area contributed by atoms with Crippen molar-refractivity contribution in [3.63, 3.8) is 0 Å². The highest BCUT2D eigenvalue weighted by molar-refractivity contribution is 6.34. The Bertz CT molecular complexity index is 7970. The fourth-order valence-corrected chi connectivity index (χ4v) is 17.6. The molecule has 0 fully saturated rings. The Morgan fingerprint density at radius 2 is 0.540 bits per heavy atom. The second kappa shape index (κ2) is 26.9. The van der Waals surface area contributed by atoms with Gasteiger partial charge >= 0.3 is 0 Å². The predicted molar refractivity (Wildman–Crippen MR) is 477 cm³/mol. The van der Waals surface area contributed by atoms with Crippen LogP contribution < -0.4 is 0 Å². The molecule has 113 heavy (non-hydrogen) atoms. The molecular formula is C107H66N6. The summed E-state index contributed by atoms with van der Waals surface area (Å²) in [6.45, 7) is 0. The normalized spacial score (nSPS) is 11.7. The average Bonchev–Trinajstić information content (AvgIpc) is 0.792. The van der Waals surface area contributed by atoms with Crippen LogP contribution in [-0.2, 0) is 0 Å². The highest BCUT2D eigenvalue weighted by Crippen LogP contribution is 2.46. The molecule has 0 saturated carbocycles. The van der Waals surface area contributed by atoms with Gasteiger partial charge in [-0.15, -0.1) is 0 Å². The number of benzene rings is 18. The van der Waals surface area contributed by atoms with Gasteiger partial charge < -0.3 is 0 Å². The summed E-state index contributed by atoms with van der Waals surface area (Å²) in [7, 11) is 0. The summed E-state index contributed by atoms with van der Waals surface area (Å²) in [6.07, 6.45) is 9.53. The van der Waals surface area contributed by atoms with E-state index in [-0.39, 0.29) is 0 Å². The maximum Gasteiger partial charge on any atom is 0.137 e. The summed E-state index contributed by atoms with van der Waals surface area (Å²) in [6, 6.07) is 133. The molecular weight excluding hydrogens is 1370 g/mol. The molecule has 0 aliphatic rings. The van der Waals surface area contributed by atoms with Crippen molar-refractivity contribution in [1.29, 1.82) is 0 Å². The number of nitrogens with zero attached hydrogens (tertiary/aromatic N) is 6. The molecule has 24 aromatic rings. The van der Waals surface area contributed by atoms with Crippen molar-refractivity contribution >= 4 is 162 Å². The summed E-state index contributed by atoms with van der Waals surface area (Å²) < 4.78 is 2.26. The monoisotopic (exact) mass is 1430 g/mol. The Kier molecular flexibility index (Phi) is 15.5. The van der Waals surface area contributed by atoms with Crippen LogP contribution in [0.15, 0.2) is 401 Å². The fourth-order valence-electron chi connectivity index (χ4n) is 17.6. The zero-order valence-corrected chi connectivity index (χ0v) is 61.3. The van der Waals surface area contributed by atoms with Crippen LogP contribution in [0.25, 0.3) is 224 Å². The number of hydrogen-bond donors (Lipinski definition) is 0. The average molecular weight is 1440 g/mol. The molecule has 24 rings (SSSR count). The molecule has 6 heterocycles. The van der Waals surface area contributed by atoms with Gasteiger partial charge in [0.1, 0.15) is 5.82 Å². The van der Waals surface area contributed by atoms with Crippen LogP contribution in [0.3, 0.4) is 0 Å². The first-order valence-electron chi connectivity index (χ1n) is 38.5. The smallest absolute Gasteiger partial charge is 0.137 e. The van der Waals surface area contributed by atoms with E-state index in [4.69, 9.17) is 15.0 Å². The number of para-hydroxylation sites is 2. The quantitative estimate of drug-likeness (QED) is 0.123. The lowest BCUT2D eigenvalue weighted by Gasteiger charge is -2.17. The van der Waals surface area contributed by atoms with E-state index < -0.39 is 0 Å². The molecule has 0 N–H and O–H groups in total. The maximum absolute atomic E-state index is 4.94. The van der Waals surface area contributed by atoms with E-state index in [9.17, 15) is 0 Å². The van der Waals surface area contributed by atoms with E-state index in [1.165, 1.54) is 146 Å². The van der Waals surface area contributed by atoms with Crippen molar-refractivity contribution in [2.75, 3.05) is 0 Å². The predicted octanol–water partition coefficient (Wildman–Crippen LogP) is 28.5. The minimum absolute atomic E-state index is 0.929. The van der Waals surface area contributed by atoms with Gasteiger partial charge in [0.25, 0.3) is 0 Å². The van der Waals surface area contributed by atoms with Gasteiger partial charge in [-0.3, -0.25) is 24.5 Å². The van der Waals surface area contributed by atoms with Crippen LogP contribution in [0.5, 0.6) is 0 Å². The minimum atomic E-state index is 0.929. The van der Waals surface area contributed by atoms with E-state index >= 15 is 0 Å². The van der Waals surface area contributed by atoms with E-state index in [0.29, 0.717) is 0 Å². The molecule has 18 aromatic carbocycles. The molecule has 0 atom stereocenters. The van der Waals surface area contributed by atoms with Crippen LogP contribution in [0.4, 0.5) is 0 Å². The fraction of sp³-hybridized carbons (Fsp3) is 0. The van der Waals surface area contributed by atoms with Gasteiger partial charge in [0.05, 0.1) is 33.5 Å². The first-order valence-corrected chi connectivity index (χ1v) is 38.5. The first kappa shape index (κ1) is 65.0. The molecule has 0 amide bonds. The highest BCUT2D eigenvalue weighted by atomic mass is 15.1. The third-order valence-corrected chi connectivity index (χ3v) is 23.1. The Labute approximate surface area is 650 Å². The van der Waals surface area contributed by atoms with E-state index in [0.717, 1.165) is 78.0 Å².